The van der Waals surface area contributed by atoms with Crippen LogP contribution in [-0.2, 0) is 4.57 Å². The molecule has 7 heteroatoms. The summed E-state index contributed by atoms with van der Waals surface area (Å²) in [5.74, 6) is 0.424. The van der Waals surface area contributed by atoms with E-state index in [0.717, 1.165) is 11.1 Å². The van der Waals surface area contributed by atoms with Crippen LogP contribution in [0.3, 0.4) is 0 Å². The van der Waals surface area contributed by atoms with E-state index in [4.69, 9.17) is 9.05 Å². The Morgan fingerprint density at radius 2 is 1.72 bits per heavy atom. The van der Waals surface area contributed by atoms with Gasteiger partial charge in [0.1, 0.15) is 5.75 Å². The largest absolute Gasteiger partial charge is 0.433 e. The van der Waals surface area contributed by atoms with Crippen molar-refractivity contribution in [3.05, 3.63) is 63.2 Å². The number of para-hydroxylation sites is 1. The number of benzene rings is 2. The second-order valence-electron chi connectivity index (χ2n) is 6.27. The lowest BCUT2D eigenvalue weighted by Crippen LogP contribution is -2.12. The van der Waals surface area contributed by atoms with Gasteiger partial charge in [0.25, 0.3) is 0 Å². The van der Waals surface area contributed by atoms with Crippen molar-refractivity contribution in [1.29, 1.82) is 0 Å². The van der Waals surface area contributed by atoms with Crippen molar-refractivity contribution in [2.45, 2.75) is 40.3 Å². The number of nitro groups is 1. The van der Waals surface area contributed by atoms with Crippen LogP contribution in [0.15, 0.2) is 36.4 Å². The first-order chi connectivity index (χ1) is 11.6. The van der Waals surface area contributed by atoms with Gasteiger partial charge in [0.2, 0.25) is 5.75 Å². The molecular formula is C18H22NO5P. The Hall–Kier alpha value is -2.33. The van der Waals surface area contributed by atoms with Gasteiger partial charge < -0.3 is 9.05 Å². The number of nitro benzene ring substituents is 1. The van der Waals surface area contributed by atoms with Gasteiger partial charge in [0.05, 0.1) is 10.6 Å². The summed E-state index contributed by atoms with van der Waals surface area (Å²) >= 11 is 0. The number of hydrogen-bond acceptors (Lipinski definition) is 5. The molecule has 2 rings (SSSR count). The van der Waals surface area contributed by atoms with Crippen molar-refractivity contribution >= 4 is 13.3 Å². The maximum Gasteiger partial charge on any atom is 0.433 e. The highest BCUT2D eigenvalue weighted by molar-refractivity contribution is 7.55. The van der Waals surface area contributed by atoms with Crippen molar-refractivity contribution in [2.24, 2.45) is 0 Å². The molecular weight excluding hydrogens is 341 g/mol. The molecule has 2 aromatic carbocycles. The molecule has 0 fully saturated rings. The van der Waals surface area contributed by atoms with Crippen LogP contribution in [0, 0.1) is 30.9 Å². The maximum absolute atomic E-state index is 13.3. The summed E-state index contributed by atoms with van der Waals surface area (Å²) in [6.45, 7) is 8.88. The number of hydrogen-bond donors (Lipinski definition) is 0. The van der Waals surface area contributed by atoms with Gasteiger partial charge >= 0.3 is 13.3 Å². The number of nitrogens with zero attached hydrogens (tertiary/aromatic N) is 1. The van der Waals surface area contributed by atoms with Crippen molar-refractivity contribution in [3.63, 3.8) is 0 Å². The van der Waals surface area contributed by atoms with E-state index >= 15 is 0 Å². The summed E-state index contributed by atoms with van der Waals surface area (Å²) in [5.41, 5.74) is 1.69. The molecule has 0 amide bonds. The Kier molecular flexibility index (Phi) is 5.53. The lowest BCUT2D eigenvalue weighted by atomic mass is 10.1. The maximum atomic E-state index is 13.3. The summed E-state index contributed by atoms with van der Waals surface area (Å²) in [7, 11) is -3.68. The van der Waals surface area contributed by atoms with Crippen molar-refractivity contribution in [2.75, 3.05) is 0 Å². The molecule has 0 aliphatic carbocycles. The van der Waals surface area contributed by atoms with E-state index in [1.54, 1.807) is 39.0 Å². The lowest BCUT2D eigenvalue weighted by molar-refractivity contribution is -0.385. The minimum atomic E-state index is -3.68. The Balaban J connectivity index is 2.45. The molecule has 0 radical (unpaired) electrons. The molecule has 0 unspecified atom stereocenters. The van der Waals surface area contributed by atoms with E-state index in [1.165, 1.54) is 6.07 Å². The number of rotatable bonds is 6. The van der Waals surface area contributed by atoms with E-state index in [9.17, 15) is 14.7 Å². The lowest BCUT2D eigenvalue weighted by Gasteiger charge is -2.24. The highest BCUT2D eigenvalue weighted by Crippen LogP contribution is 2.55. The van der Waals surface area contributed by atoms with Crippen molar-refractivity contribution < 1.29 is 18.5 Å². The second kappa shape index (κ2) is 7.28. The predicted octanol–water partition coefficient (Wildman–Crippen LogP) is 5.58. The predicted molar refractivity (Wildman–Crippen MR) is 97.7 cm³/mol. The van der Waals surface area contributed by atoms with Gasteiger partial charge in [-0.1, -0.05) is 29.8 Å². The van der Waals surface area contributed by atoms with Gasteiger partial charge in [-0.2, -0.15) is 0 Å². The van der Waals surface area contributed by atoms with Crippen LogP contribution >= 0.6 is 7.60 Å². The van der Waals surface area contributed by atoms with Gasteiger partial charge in [-0.25, -0.2) is 4.57 Å². The summed E-state index contributed by atoms with van der Waals surface area (Å²) < 4.78 is 24.8. The van der Waals surface area contributed by atoms with Crippen LogP contribution in [-0.4, -0.2) is 10.6 Å². The Labute approximate surface area is 147 Å². The smallest absolute Gasteiger partial charge is 0.416 e. The molecule has 0 saturated heterocycles. The standard InChI is InChI=1S/C18H22NO5P/c1-12(2)25(22,23-17-10-9-13(3)11-15(17)5)24-18-14(4)7-6-8-16(18)19(20)21/h6-12H,1-5H3/t25-/m1/s1. The second-order valence-corrected chi connectivity index (χ2v) is 8.74. The quantitative estimate of drug-likeness (QED) is 0.380. The molecule has 134 valence electrons. The Morgan fingerprint density at radius 3 is 2.28 bits per heavy atom. The normalized spacial score (nSPS) is 13.4. The molecule has 0 spiro atoms. The average Bonchev–Trinajstić information content (AvgIpc) is 2.51. The summed E-state index contributed by atoms with van der Waals surface area (Å²) in [5, 5.41) is 11.3. The first kappa shape index (κ1) is 19.0. The van der Waals surface area contributed by atoms with Gasteiger partial charge in [-0.15, -0.1) is 0 Å². The highest BCUT2D eigenvalue weighted by Gasteiger charge is 2.36. The van der Waals surface area contributed by atoms with Crippen LogP contribution in [0.25, 0.3) is 0 Å². The van der Waals surface area contributed by atoms with Crippen LogP contribution in [0.4, 0.5) is 5.69 Å². The number of aryl methyl sites for hydroxylation is 3. The van der Waals surface area contributed by atoms with E-state index in [0.29, 0.717) is 11.3 Å². The molecule has 0 bridgehead atoms. The molecule has 6 nitrogen and oxygen atoms in total. The van der Waals surface area contributed by atoms with Gasteiger partial charge in [-0.3, -0.25) is 10.1 Å². The Bertz CT molecular complexity index is 847. The van der Waals surface area contributed by atoms with E-state index in [-0.39, 0.29) is 11.4 Å². The minimum Gasteiger partial charge on any atom is -0.416 e. The molecule has 0 aliphatic heterocycles. The molecule has 0 N–H and O–H groups in total. The van der Waals surface area contributed by atoms with Crippen molar-refractivity contribution in [3.8, 4) is 11.5 Å². The molecule has 25 heavy (non-hydrogen) atoms. The Morgan fingerprint density at radius 1 is 1.04 bits per heavy atom. The highest BCUT2D eigenvalue weighted by atomic mass is 31.2. The zero-order valence-corrected chi connectivity index (χ0v) is 15.9. The zero-order valence-electron chi connectivity index (χ0n) is 15.0. The third kappa shape index (κ3) is 4.20. The van der Waals surface area contributed by atoms with Crippen LogP contribution < -0.4 is 9.05 Å². The average molecular weight is 363 g/mol. The van der Waals surface area contributed by atoms with E-state index in [2.05, 4.69) is 0 Å². The van der Waals surface area contributed by atoms with Crippen LogP contribution in [0.1, 0.15) is 30.5 Å². The third-order valence-electron chi connectivity index (χ3n) is 3.79. The first-order valence-corrected chi connectivity index (χ1v) is 9.55. The van der Waals surface area contributed by atoms with E-state index in [1.807, 2.05) is 26.0 Å². The van der Waals surface area contributed by atoms with Gasteiger partial charge in [-0.05, 0) is 51.8 Å². The van der Waals surface area contributed by atoms with Crippen LogP contribution in [0.2, 0.25) is 0 Å². The molecule has 0 aliphatic rings. The zero-order chi connectivity index (χ0) is 18.8. The van der Waals surface area contributed by atoms with E-state index < -0.39 is 18.2 Å². The van der Waals surface area contributed by atoms with Crippen LogP contribution in [0.5, 0.6) is 11.5 Å². The molecule has 0 aromatic heterocycles. The topological polar surface area (TPSA) is 78.7 Å². The monoisotopic (exact) mass is 363 g/mol. The fourth-order valence-electron chi connectivity index (χ4n) is 2.30. The fourth-order valence-corrected chi connectivity index (χ4v) is 3.72. The summed E-state index contributed by atoms with van der Waals surface area (Å²) in [6, 6.07) is 10.1. The molecule has 0 heterocycles. The SMILES string of the molecule is Cc1ccc(O[P@@](=O)(Oc2c(C)cccc2[N+](=O)[O-])C(C)C)c(C)c1. The van der Waals surface area contributed by atoms with Gasteiger partial charge in [0.15, 0.2) is 0 Å². The van der Waals surface area contributed by atoms with Gasteiger partial charge in [0, 0.05) is 6.07 Å². The molecule has 1 atom stereocenters. The first-order valence-electron chi connectivity index (χ1n) is 7.94. The summed E-state index contributed by atoms with van der Waals surface area (Å²) in [6.07, 6.45) is 0. The minimum absolute atomic E-state index is 0.0192. The summed E-state index contributed by atoms with van der Waals surface area (Å²) in [4.78, 5) is 10.7. The fraction of sp³-hybridized carbons (Fsp3) is 0.333. The third-order valence-corrected chi connectivity index (χ3v) is 5.95. The van der Waals surface area contributed by atoms with Crippen molar-refractivity contribution in [1.82, 2.24) is 0 Å². The molecule has 2 aromatic rings. The molecule has 0 saturated carbocycles.